The van der Waals surface area contributed by atoms with Crippen LogP contribution in [0.5, 0.6) is 0 Å². The van der Waals surface area contributed by atoms with E-state index in [-0.39, 0.29) is 17.5 Å². The molecule has 1 atom stereocenters. The number of hydrogen-bond acceptors (Lipinski definition) is 3. The van der Waals surface area contributed by atoms with Gasteiger partial charge in [0.15, 0.2) is 0 Å². The second kappa shape index (κ2) is 8.89. The van der Waals surface area contributed by atoms with E-state index in [0.717, 1.165) is 12.8 Å². The van der Waals surface area contributed by atoms with Gasteiger partial charge in [0.1, 0.15) is 5.82 Å². The van der Waals surface area contributed by atoms with Crippen molar-refractivity contribution >= 4 is 33.6 Å². The van der Waals surface area contributed by atoms with Crippen molar-refractivity contribution in [2.24, 2.45) is 5.92 Å². The maximum absolute atomic E-state index is 13.6. The van der Waals surface area contributed by atoms with E-state index in [4.69, 9.17) is 0 Å². The summed E-state index contributed by atoms with van der Waals surface area (Å²) in [6.45, 7) is 0.316. The monoisotopic (exact) mass is 389 g/mol. The van der Waals surface area contributed by atoms with Gasteiger partial charge in [-0.2, -0.15) is 0 Å². The molecule has 1 unspecified atom stereocenters. The highest BCUT2D eigenvalue weighted by Crippen LogP contribution is 2.27. The van der Waals surface area contributed by atoms with Crippen molar-refractivity contribution in [3.05, 3.63) is 34.1 Å². The molecular weight excluding hydrogens is 369 g/mol. The van der Waals surface area contributed by atoms with Crippen LogP contribution in [0, 0.1) is 11.7 Å². The molecule has 0 spiro atoms. The number of amides is 1. The lowest BCUT2D eigenvalue weighted by atomic mass is 10.0. The Kier molecular flexibility index (Phi) is 7.18. The number of aliphatic hydroxyl groups excluding tert-OH is 1. The first-order chi connectivity index (χ1) is 10.6. The zero-order valence-corrected chi connectivity index (χ0v) is 14.8. The average molecular weight is 390 g/mol. The van der Waals surface area contributed by atoms with E-state index in [1.165, 1.54) is 30.7 Å². The second-order valence-electron chi connectivity index (χ2n) is 5.64. The molecular formula is C16H21BrFNO2S. The van der Waals surface area contributed by atoms with Crippen molar-refractivity contribution in [3.8, 4) is 0 Å². The molecule has 0 aromatic heterocycles. The van der Waals surface area contributed by atoms with E-state index in [9.17, 15) is 14.3 Å². The van der Waals surface area contributed by atoms with Crippen LogP contribution < -0.4 is 5.32 Å². The van der Waals surface area contributed by atoms with Gasteiger partial charge in [0.05, 0.1) is 11.9 Å². The van der Waals surface area contributed by atoms with E-state index in [0.29, 0.717) is 28.3 Å². The molecule has 1 aromatic rings. The minimum absolute atomic E-state index is 0.112. The van der Waals surface area contributed by atoms with Gasteiger partial charge < -0.3 is 10.4 Å². The highest BCUT2D eigenvalue weighted by Gasteiger charge is 2.23. The van der Waals surface area contributed by atoms with Gasteiger partial charge in [-0.15, -0.1) is 11.8 Å². The lowest BCUT2D eigenvalue weighted by Crippen LogP contribution is -2.36. The molecule has 0 aliphatic heterocycles. The van der Waals surface area contributed by atoms with Crippen LogP contribution in [-0.2, 0) is 10.5 Å². The molecule has 1 fully saturated rings. The summed E-state index contributed by atoms with van der Waals surface area (Å²) in [5, 5.41) is 12.7. The Labute approximate surface area is 143 Å². The normalized spacial score (nSPS) is 16.7. The average Bonchev–Trinajstić information content (AvgIpc) is 3.01. The molecule has 2 rings (SSSR count). The summed E-state index contributed by atoms with van der Waals surface area (Å²) in [5.74, 6) is 0.674. The SMILES string of the molecule is O=C(CSCc1ccc(Br)cc1F)NCC(O)C1CCCC1. The Balaban J connectivity index is 1.65. The number of benzene rings is 1. The van der Waals surface area contributed by atoms with Gasteiger partial charge in [-0.1, -0.05) is 34.8 Å². The molecule has 122 valence electrons. The number of nitrogens with one attached hydrogen (secondary N) is 1. The zero-order chi connectivity index (χ0) is 15.9. The van der Waals surface area contributed by atoms with E-state index in [1.54, 1.807) is 12.1 Å². The van der Waals surface area contributed by atoms with Gasteiger partial charge >= 0.3 is 0 Å². The second-order valence-corrected chi connectivity index (χ2v) is 7.55. The van der Waals surface area contributed by atoms with Crippen LogP contribution in [0.2, 0.25) is 0 Å². The highest BCUT2D eigenvalue weighted by atomic mass is 79.9. The molecule has 1 saturated carbocycles. The maximum atomic E-state index is 13.6. The maximum Gasteiger partial charge on any atom is 0.230 e. The minimum atomic E-state index is -0.444. The summed E-state index contributed by atoms with van der Waals surface area (Å²) in [5.41, 5.74) is 0.590. The lowest BCUT2D eigenvalue weighted by Gasteiger charge is -2.17. The molecule has 6 heteroatoms. The van der Waals surface area contributed by atoms with Gasteiger partial charge in [-0.3, -0.25) is 4.79 Å². The first-order valence-corrected chi connectivity index (χ1v) is 9.47. The van der Waals surface area contributed by atoms with Gasteiger partial charge in [0.25, 0.3) is 0 Å². The fourth-order valence-electron chi connectivity index (χ4n) is 2.67. The number of hydrogen-bond donors (Lipinski definition) is 2. The molecule has 3 nitrogen and oxygen atoms in total. The predicted molar refractivity (Wildman–Crippen MR) is 91.2 cm³/mol. The Morgan fingerprint density at radius 1 is 1.45 bits per heavy atom. The zero-order valence-electron chi connectivity index (χ0n) is 12.4. The van der Waals surface area contributed by atoms with Gasteiger partial charge in [-0.25, -0.2) is 4.39 Å². The Morgan fingerprint density at radius 2 is 2.18 bits per heavy atom. The smallest absolute Gasteiger partial charge is 0.230 e. The van der Waals surface area contributed by atoms with Crippen LogP contribution in [-0.4, -0.2) is 29.4 Å². The van der Waals surface area contributed by atoms with Crippen molar-refractivity contribution in [3.63, 3.8) is 0 Å². The van der Waals surface area contributed by atoms with Crippen molar-refractivity contribution in [1.82, 2.24) is 5.32 Å². The molecule has 1 aliphatic carbocycles. The van der Waals surface area contributed by atoms with Crippen molar-refractivity contribution in [2.75, 3.05) is 12.3 Å². The summed E-state index contributed by atoms with van der Waals surface area (Å²) in [6, 6.07) is 4.93. The standard InChI is InChI=1S/C16H21BrFNO2S/c17-13-6-5-12(14(18)7-13)9-22-10-16(21)19-8-15(20)11-3-1-2-4-11/h5-7,11,15,20H,1-4,8-10H2,(H,19,21). The van der Waals surface area contributed by atoms with Gasteiger partial charge in [-0.05, 0) is 36.5 Å². The van der Waals surface area contributed by atoms with Crippen molar-refractivity contribution in [2.45, 2.75) is 37.5 Å². The largest absolute Gasteiger partial charge is 0.391 e. The Bertz CT molecular complexity index is 509. The first kappa shape index (κ1) is 17.8. The summed E-state index contributed by atoms with van der Waals surface area (Å²) in [4.78, 5) is 11.7. The molecule has 0 bridgehead atoms. The van der Waals surface area contributed by atoms with E-state index < -0.39 is 6.10 Å². The van der Waals surface area contributed by atoms with Crippen LogP contribution in [0.15, 0.2) is 22.7 Å². The van der Waals surface area contributed by atoms with E-state index in [1.807, 2.05) is 0 Å². The predicted octanol–water partition coefficient (Wildman–Crippen LogP) is 3.49. The molecule has 2 N–H and O–H groups in total. The van der Waals surface area contributed by atoms with Crippen LogP contribution in [0.1, 0.15) is 31.2 Å². The van der Waals surface area contributed by atoms with E-state index in [2.05, 4.69) is 21.2 Å². The summed E-state index contributed by atoms with van der Waals surface area (Å²) >= 11 is 4.58. The molecule has 0 saturated heterocycles. The van der Waals surface area contributed by atoms with Crippen LogP contribution in [0.4, 0.5) is 4.39 Å². The van der Waals surface area contributed by atoms with Crippen molar-refractivity contribution in [1.29, 1.82) is 0 Å². The lowest BCUT2D eigenvalue weighted by molar-refractivity contribution is -0.119. The topological polar surface area (TPSA) is 49.3 Å². The molecule has 22 heavy (non-hydrogen) atoms. The number of thioether (sulfide) groups is 1. The summed E-state index contributed by atoms with van der Waals surface area (Å²) in [7, 11) is 0. The number of carbonyl (C=O) groups is 1. The third kappa shape index (κ3) is 5.56. The number of aliphatic hydroxyl groups is 1. The number of carbonyl (C=O) groups excluding carboxylic acids is 1. The third-order valence-corrected chi connectivity index (χ3v) is 5.43. The fourth-order valence-corrected chi connectivity index (χ4v) is 3.85. The summed E-state index contributed by atoms with van der Waals surface area (Å²) in [6.07, 6.45) is 4.00. The molecule has 1 aliphatic rings. The molecule has 0 heterocycles. The first-order valence-electron chi connectivity index (χ1n) is 7.52. The molecule has 1 amide bonds. The minimum Gasteiger partial charge on any atom is -0.391 e. The molecule has 0 radical (unpaired) electrons. The van der Waals surface area contributed by atoms with Crippen LogP contribution in [0.25, 0.3) is 0 Å². The van der Waals surface area contributed by atoms with Gasteiger partial charge in [0.2, 0.25) is 5.91 Å². The quantitative estimate of drug-likeness (QED) is 0.750. The van der Waals surface area contributed by atoms with Crippen LogP contribution in [0.3, 0.4) is 0 Å². The third-order valence-electron chi connectivity index (χ3n) is 3.96. The number of rotatable bonds is 7. The van der Waals surface area contributed by atoms with Gasteiger partial charge in [0, 0.05) is 16.8 Å². The highest BCUT2D eigenvalue weighted by molar-refractivity contribution is 9.10. The Hall–Kier alpha value is -0.590. The number of halogens is 2. The Morgan fingerprint density at radius 3 is 2.86 bits per heavy atom. The molecule has 1 aromatic carbocycles. The fraction of sp³-hybridized carbons (Fsp3) is 0.562. The van der Waals surface area contributed by atoms with Crippen LogP contribution >= 0.6 is 27.7 Å². The van der Waals surface area contributed by atoms with E-state index >= 15 is 0 Å². The van der Waals surface area contributed by atoms with Crippen molar-refractivity contribution < 1.29 is 14.3 Å². The summed E-state index contributed by atoms with van der Waals surface area (Å²) < 4.78 is 14.3.